The van der Waals surface area contributed by atoms with Crippen molar-refractivity contribution in [2.75, 3.05) is 13.1 Å². The number of hydrogen-bond acceptors (Lipinski definition) is 1. The van der Waals surface area contributed by atoms with Gasteiger partial charge in [-0.3, -0.25) is 0 Å². The van der Waals surface area contributed by atoms with E-state index in [1.165, 1.54) is 148 Å². The van der Waals surface area contributed by atoms with Gasteiger partial charge >= 0.3 is 0 Å². The lowest BCUT2D eigenvalue weighted by atomic mass is 9.89. The lowest BCUT2D eigenvalue weighted by Gasteiger charge is -2.31. The normalized spacial score (nSPS) is 13.7. The van der Waals surface area contributed by atoms with Crippen LogP contribution < -0.4 is 0 Å². The van der Waals surface area contributed by atoms with E-state index in [0.717, 1.165) is 12.0 Å². The van der Waals surface area contributed by atoms with Crippen LogP contribution in [0.25, 0.3) is 0 Å². The highest BCUT2D eigenvalue weighted by molar-refractivity contribution is 4.72. The molecular formula is C30H63N. The summed E-state index contributed by atoms with van der Waals surface area (Å²) in [6.45, 7) is 14.4. The predicted octanol–water partition coefficient (Wildman–Crippen LogP) is 10.6. The van der Waals surface area contributed by atoms with Gasteiger partial charge in [0, 0.05) is 6.04 Å². The average molecular weight is 438 g/mol. The summed E-state index contributed by atoms with van der Waals surface area (Å²) in [4.78, 5) is 2.84. The molecule has 0 saturated heterocycles. The Hall–Kier alpha value is -0.0400. The van der Waals surface area contributed by atoms with E-state index >= 15 is 0 Å². The zero-order chi connectivity index (χ0) is 23.0. The zero-order valence-corrected chi connectivity index (χ0v) is 22.9. The van der Waals surface area contributed by atoms with Gasteiger partial charge in [-0.2, -0.15) is 0 Å². The van der Waals surface area contributed by atoms with E-state index in [1.54, 1.807) is 0 Å². The van der Waals surface area contributed by atoms with Gasteiger partial charge in [-0.25, -0.2) is 0 Å². The van der Waals surface area contributed by atoms with Crippen molar-refractivity contribution in [2.24, 2.45) is 5.92 Å². The third-order valence-electron chi connectivity index (χ3n) is 7.42. The summed E-state index contributed by atoms with van der Waals surface area (Å²) >= 11 is 0. The van der Waals surface area contributed by atoms with Crippen molar-refractivity contribution in [3.63, 3.8) is 0 Å². The average Bonchev–Trinajstić information content (AvgIpc) is 2.79. The highest BCUT2D eigenvalue weighted by atomic mass is 15.1. The molecule has 0 aliphatic carbocycles. The van der Waals surface area contributed by atoms with Crippen LogP contribution in [-0.4, -0.2) is 24.0 Å². The molecule has 1 heteroatoms. The Morgan fingerprint density at radius 1 is 0.419 bits per heavy atom. The van der Waals surface area contributed by atoms with Gasteiger partial charge in [0.25, 0.3) is 0 Å². The molecule has 0 aromatic heterocycles. The van der Waals surface area contributed by atoms with Crippen LogP contribution in [0.4, 0.5) is 0 Å². The summed E-state index contributed by atoms with van der Waals surface area (Å²) in [5, 5.41) is 0. The fraction of sp³-hybridized carbons (Fsp3) is 1.00. The molecule has 0 fully saturated rings. The van der Waals surface area contributed by atoms with Crippen molar-refractivity contribution in [1.29, 1.82) is 0 Å². The second-order valence-electron chi connectivity index (χ2n) is 10.4. The summed E-state index contributed by atoms with van der Waals surface area (Å²) in [7, 11) is 0. The molecule has 0 heterocycles. The Labute approximate surface area is 199 Å². The Kier molecular flexibility index (Phi) is 24.6. The first kappa shape index (κ1) is 31.0. The topological polar surface area (TPSA) is 3.24 Å². The van der Waals surface area contributed by atoms with Crippen LogP contribution in [-0.2, 0) is 0 Å². The summed E-state index contributed by atoms with van der Waals surface area (Å²) in [5.41, 5.74) is 0. The molecule has 0 amide bonds. The van der Waals surface area contributed by atoms with Gasteiger partial charge < -0.3 is 4.90 Å². The summed E-state index contributed by atoms with van der Waals surface area (Å²) in [5.74, 6) is 1.00. The van der Waals surface area contributed by atoms with Crippen LogP contribution in [0.3, 0.4) is 0 Å². The minimum Gasteiger partial charge on any atom is -0.300 e. The van der Waals surface area contributed by atoms with Crippen molar-refractivity contribution in [1.82, 2.24) is 4.90 Å². The molecule has 0 aromatic rings. The first-order valence-electron chi connectivity index (χ1n) is 15.0. The zero-order valence-electron chi connectivity index (χ0n) is 22.9. The van der Waals surface area contributed by atoms with E-state index in [-0.39, 0.29) is 0 Å². The Morgan fingerprint density at radius 2 is 0.871 bits per heavy atom. The Balaban J connectivity index is 4.19. The maximum Gasteiger partial charge on any atom is 0.00926 e. The molecule has 0 saturated carbocycles. The number of rotatable bonds is 25. The van der Waals surface area contributed by atoms with Gasteiger partial charge in [0.15, 0.2) is 0 Å². The van der Waals surface area contributed by atoms with E-state index in [2.05, 4.69) is 39.5 Å². The molecule has 0 N–H and O–H groups in total. The van der Waals surface area contributed by atoms with Crippen molar-refractivity contribution in [2.45, 2.75) is 175 Å². The maximum atomic E-state index is 2.84. The molecule has 0 radical (unpaired) electrons. The SMILES string of the molecule is CCCCCCCCCCCC(CCCC)CCCC(CC)N(CCCC)CCCC. The van der Waals surface area contributed by atoms with Gasteiger partial charge in [-0.05, 0) is 44.7 Å². The van der Waals surface area contributed by atoms with E-state index in [4.69, 9.17) is 0 Å². The molecule has 2 unspecified atom stereocenters. The fourth-order valence-corrected chi connectivity index (χ4v) is 5.16. The van der Waals surface area contributed by atoms with Gasteiger partial charge in [0.05, 0.1) is 0 Å². The van der Waals surface area contributed by atoms with Crippen LogP contribution in [0.1, 0.15) is 169 Å². The highest BCUT2D eigenvalue weighted by Crippen LogP contribution is 2.25. The minimum atomic E-state index is 0.831. The minimum absolute atomic E-state index is 0.831. The van der Waals surface area contributed by atoms with Crippen LogP contribution in [0.2, 0.25) is 0 Å². The van der Waals surface area contributed by atoms with E-state index in [1.807, 2.05) is 0 Å². The smallest absolute Gasteiger partial charge is 0.00926 e. The van der Waals surface area contributed by atoms with Crippen LogP contribution in [0.15, 0.2) is 0 Å². The molecule has 0 rings (SSSR count). The van der Waals surface area contributed by atoms with Crippen LogP contribution >= 0.6 is 0 Å². The van der Waals surface area contributed by atoms with Gasteiger partial charge in [-0.15, -0.1) is 0 Å². The van der Waals surface area contributed by atoms with Gasteiger partial charge in [-0.1, -0.05) is 144 Å². The Bertz CT molecular complexity index is 318. The molecule has 2 atom stereocenters. The lowest BCUT2D eigenvalue weighted by Crippen LogP contribution is -2.36. The van der Waals surface area contributed by atoms with Gasteiger partial charge in [0.1, 0.15) is 0 Å². The maximum absolute atomic E-state index is 2.84. The third-order valence-corrected chi connectivity index (χ3v) is 7.42. The first-order chi connectivity index (χ1) is 15.2. The van der Waals surface area contributed by atoms with E-state index in [0.29, 0.717) is 0 Å². The van der Waals surface area contributed by atoms with Crippen LogP contribution in [0, 0.1) is 5.92 Å². The quantitative estimate of drug-likeness (QED) is 0.128. The molecule has 31 heavy (non-hydrogen) atoms. The molecule has 0 aliphatic heterocycles. The van der Waals surface area contributed by atoms with Crippen molar-refractivity contribution < 1.29 is 0 Å². The predicted molar refractivity (Wildman–Crippen MR) is 144 cm³/mol. The summed E-state index contributed by atoms with van der Waals surface area (Å²) in [6.07, 6.45) is 30.1. The summed E-state index contributed by atoms with van der Waals surface area (Å²) in [6, 6.07) is 0.831. The third kappa shape index (κ3) is 19.2. The number of hydrogen-bond donors (Lipinski definition) is 0. The number of unbranched alkanes of at least 4 members (excludes halogenated alkanes) is 11. The molecule has 1 nitrogen and oxygen atoms in total. The lowest BCUT2D eigenvalue weighted by molar-refractivity contribution is 0.170. The van der Waals surface area contributed by atoms with Crippen molar-refractivity contribution >= 4 is 0 Å². The van der Waals surface area contributed by atoms with E-state index in [9.17, 15) is 0 Å². The van der Waals surface area contributed by atoms with Gasteiger partial charge in [0.2, 0.25) is 0 Å². The largest absolute Gasteiger partial charge is 0.300 e. The molecule has 0 bridgehead atoms. The second-order valence-corrected chi connectivity index (χ2v) is 10.4. The molecule has 0 aliphatic rings. The first-order valence-corrected chi connectivity index (χ1v) is 15.0. The summed E-state index contributed by atoms with van der Waals surface area (Å²) < 4.78 is 0. The van der Waals surface area contributed by atoms with E-state index < -0.39 is 0 Å². The highest BCUT2D eigenvalue weighted by Gasteiger charge is 2.17. The molecule has 0 aromatic carbocycles. The van der Waals surface area contributed by atoms with Crippen molar-refractivity contribution in [3.8, 4) is 0 Å². The molecular weight excluding hydrogens is 374 g/mol. The molecule has 0 spiro atoms. The standard InChI is InChI=1S/C30H63N/c1-6-11-15-16-17-18-19-20-21-24-29(23-12-7-2)25-22-26-30(10-5)31(27-13-8-3)28-14-9-4/h29-30H,6-28H2,1-5H3. The molecule has 188 valence electrons. The Morgan fingerprint density at radius 3 is 1.39 bits per heavy atom. The monoisotopic (exact) mass is 437 g/mol. The van der Waals surface area contributed by atoms with Crippen molar-refractivity contribution in [3.05, 3.63) is 0 Å². The second kappa shape index (κ2) is 24.6. The number of nitrogens with zero attached hydrogens (tertiary/aromatic N) is 1. The van der Waals surface area contributed by atoms with Crippen LogP contribution in [0.5, 0.6) is 0 Å². The fourth-order valence-electron chi connectivity index (χ4n) is 5.16.